The fourth-order valence-electron chi connectivity index (χ4n) is 6.84. The zero-order chi connectivity index (χ0) is 16.6. The zero-order valence-electron chi connectivity index (χ0n) is 14.6. The third kappa shape index (κ3) is 1.32. The highest BCUT2D eigenvalue weighted by atomic mass is 16.5. The van der Waals surface area contributed by atoms with Gasteiger partial charge in [0.1, 0.15) is 0 Å². The van der Waals surface area contributed by atoms with Crippen LogP contribution in [-0.2, 0) is 9.53 Å². The van der Waals surface area contributed by atoms with E-state index in [1.807, 2.05) is 7.11 Å². The van der Waals surface area contributed by atoms with Crippen molar-refractivity contribution in [3.63, 3.8) is 0 Å². The molecule has 1 aromatic carbocycles. The van der Waals surface area contributed by atoms with E-state index in [0.717, 1.165) is 38.6 Å². The van der Waals surface area contributed by atoms with E-state index < -0.39 is 5.72 Å². The van der Waals surface area contributed by atoms with Crippen molar-refractivity contribution in [2.45, 2.75) is 62.6 Å². The Kier molecular flexibility index (Phi) is 2.79. The van der Waals surface area contributed by atoms with Gasteiger partial charge in [-0.05, 0) is 43.7 Å². The van der Waals surface area contributed by atoms with Crippen molar-refractivity contribution in [2.75, 3.05) is 19.0 Å². The first-order valence-corrected chi connectivity index (χ1v) is 9.37. The van der Waals surface area contributed by atoms with Crippen LogP contribution in [0.3, 0.4) is 0 Å². The van der Waals surface area contributed by atoms with Gasteiger partial charge >= 0.3 is 0 Å². The molecule has 0 aromatic heterocycles. The molecule has 3 heterocycles. The smallest absolute Gasteiger partial charge is 0.225 e. The second-order valence-electron chi connectivity index (χ2n) is 8.07. The molecular formula is C20H26N2O2. The van der Waals surface area contributed by atoms with Crippen LogP contribution in [0.2, 0.25) is 0 Å². The molecule has 1 amide bonds. The van der Waals surface area contributed by atoms with E-state index in [4.69, 9.17) is 4.74 Å². The normalized spacial score (nSPS) is 42.3. The average molecular weight is 326 g/mol. The Balaban J connectivity index is 1.77. The van der Waals surface area contributed by atoms with Gasteiger partial charge in [-0.25, -0.2) is 0 Å². The predicted octanol–water partition coefficient (Wildman–Crippen LogP) is 3.49. The highest BCUT2D eigenvalue weighted by Crippen LogP contribution is 2.70. The summed E-state index contributed by atoms with van der Waals surface area (Å²) < 4.78 is 6.41. The maximum Gasteiger partial charge on any atom is 0.225 e. The molecule has 3 fully saturated rings. The highest BCUT2D eigenvalue weighted by molar-refractivity contribution is 5.83. The Labute approximate surface area is 143 Å². The number of ether oxygens (including phenoxy) is 1. The molecule has 24 heavy (non-hydrogen) atoms. The summed E-state index contributed by atoms with van der Waals surface area (Å²) in [5.74, 6) is 0.499. The summed E-state index contributed by atoms with van der Waals surface area (Å²) in [5, 5.41) is 3.89. The van der Waals surface area contributed by atoms with E-state index in [9.17, 15) is 4.79 Å². The van der Waals surface area contributed by atoms with Crippen LogP contribution in [0.15, 0.2) is 24.3 Å². The lowest BCUT2D eigenvalue weighted by Gasteiger charge is -2.63. The van der Waals surface area contributed by atoms with Gasteiger partial charge in [-0.15, -0.1) is 0 Å². The molecule has 1 N–H and O–H groups in total. The predicted molar refractivity (Wildman–Crippen MR) is 92.8 cm³/mol. The average Bonchev–Trinajstić information content (AvgIpc) is 3.10. The molecule has 4 heteroatoms. The van der Waals surface area contributed by atoms with Gasteiger partial charge in [-0.3, -0.25) is 4.79 Å². The molecule has 0 bridgehead atoms. The summed E-state index contributed by atoms with van der Waals surface area (Å²) in [6, 6.07) is 8.54. The number of hydrogen-bond acceptors (Lipinski definition) is 3. The molecule has 2 saturated heterocycles. The summed E-state index contributed by atoms with van der Waals surface area (Å²) in [7, 11) is 1.83. The molecular weight excluding hydrogens is 300 g/mol. The maximum atomic E-state index is 13.1. The number of hydrogen-bond donors (Lipinski definition) is 1. The zero-order valence-corrected chi connectivity index (χ0v) is 14.6. The van der Waals surface area contributed by atoms with Crippen molar-refractivity contribution in [2.24, 2.45) is 5.41 Å². The van der Waals surface area contributed by atoms with E-state index in [0.29, 0.717) is 6.42 Å². The number of anilines is 1. The maximum absolute atomic E-state index is 13.1. The molecule has 4 atom stereocenters. The van der Waals surface area contributed by atoms with E-state index in [2.05, 4.69) is 41.4 Å². The van der Waals surface area contributed by atoms with Crippen LogP contribution in [0.1, 0.15) is 56.9 Å². The van der Waals surface area contributed by atoms with E-state index in [-0.39, 0.29) is 22.8 Å². The largest absolute Gasteiger partial charge is 0.374 e. The fourth-order valence-corrected chi connectivity index (χ4v) is 6.84. The SMILES string of the molecule is CC[C@@]12CCCN3C(=O)C[C@@H]4c5ccccc5N[C@]4(CC1)[C@]32OC. The summed E-state index contributed by atoms with van der Waals surface area (Å²) in [4.78, 5) is 15.3. The standard InChI is InChI=1S/C20H26N2O2/c1-3-18-9-6-12-22-17(23)13-15-14-7-4-5-8-16(14)21-19(15,11-10-18)20(18,22)24-2/h4-5,7-8,15,21H,3,6,9-13H2,1-2H3/t15-,18-,19+,20+/m1/s1. The Morgan fingerprint density at radius 2 is 2.12 bits per heavy atom. The lowest BCUT2D eigenvalue weighted by Crippen LogP contribution is -2.77. The number of rotatable bonds is 2. The van der Waals surface area contributed by atoms with E-state index in [1.54, 1.807) is 0 Å². The van der Waals surface area contributed by atoms with Crippen molar-refractivity contribution in [3.8, 4) is 0 Å². The summed E-state index contributed by atoms with van der Waals surface area (Å²) in [6.07, 6.45) is 6.15. The van der Waals surface area contributed by atoms with Crippen molar-refractivity contribution in [1.29, 1.82) is 0 Å². The summed E-state index contributed by atoms with van der Waals surface area (Å²) in [6.45, 7) is 3.11. The van der Waals surface area contributed by atoms with Crippen LogP contribution in [0.5, 0.6) is 0 Å². The van der Waals surface area contributed by atoms with Crippen LogP contribution >= 0.6 is 0 Å². The van der Waals surface area contributed by atoms with Crippen LogP contribution in [0.4, 0.5) is 5.69 Å². The first-order chi connectivity index (χ1) is 11.6. The molecule has 128 valence electrons. The number of piperidine rings is 2. The lowest BCUT2D eigenvalue weighted by molar-refractivity contribution is -0.253. The quantitative estimate of drug-likeness (QED) is 0.904. The minimum Gasteiger partial charge on any atom is -0.374 e. The van der Waals surface area contributed by atoms with Gasteiger partial charge in [0.2, 0.25) is 5.91 Å². The van der Waals surface area contributed by atoms with Crippen LogP contribution in [-0.4, -0.2) is 35.7 Å². The Morgan fingerprint density at radius 3 is 2.92 bits per heavy atom. The number of benzene rings is 1. The minimum absolute atomic E-state index is 0.0728. The number of nitrogens with one attached hydrogen (secondary N) is 1. The van der Waals surface area contributed by atoms with E-state index in [1.165, 1.54) is 11.3 Å². The second-order valence-corrected chi connectivity index (χ2v) is 8.07. The van der Waals surface area contributed by atoms with Gasteiger partial charge in [-0.2, -0.15) is 0 Å². The molecule has 1 aromatic rings. The van der Waals surface area contributed by atoms with E-state index >= 15 is 0 Å². The molecule has 1 aliphatic carbocycles. The van der Waals surface area contributed by atoms with Crippen LogP contribution < -0.4 is 5.32 Å². The van der Waals surface area contributed by atoms with Crippen molar-refractivity contribution >= 4 is 11.6 Å². The van der Waals surface area contributed by atoms with Gasteiger partial charge in [0.05, 0.1) is 5.54 Å². The molecule has 0 unspecified atom stereocenters. The van der Waals surface area contributed by atoms with Gasteiger partial charge in [0, 0.05) is 37.1 Å². The van der Waals surface area contributed by atoms with Crippen LogP contribution in [0, 0.1) is 5.41 Å². The number of methoxy groups -OCH3 is 1. The van der Waals surface area contributed by atoms with Gasteiger partial charge in [-0.1, -0.05) is 25.1 Å². The van der Waals surface area contributed by atoms with Gasteiger partial charge in [0.25, 0.3) is 0 Å². The van der Waals surface area contributed by atoms with Crippen LogP contribution in [0.25, 0.3) is 0 Å². The third-order valence-electron chi connectivity index (χ3n) is 7.68. The molecule has 3 aliphatic heterocycles. The number of para-hydroxylation sites is 1. The third-order valence-corrected chi connectivity index (χ3v) is 7.68. The second kappa shape index (κ2) is 4.54. The number of fused-ring (bicyclic) bond motifs is 2. The van der Waals surface area contributed by atoms with Crippen molar-refractivity contribution in [3.05, 3.63) is 29.8 Å². The van der Waals surface area contributed by atoms with Crippen molar-refractivity contribution in [1.82, 2.24) is 4.90 Å². The van der Waals surface area contributed by atoms with Gasteiger partial charge < -0.3 is 15.0 Å². The number of carbonyl (C=O) groups is 1. The Bertz CT molecular complexity index is 719. The first-order valence-electron chi connectivity index (χ1n) is 9.37. The molecule has 1 saturated carbocycles. The molecule has 4 nitrogen and oxygen atoms in total. The molecule has 4 aliphatic rings. The van der Waals surface area contributed by atoms with Gasteiger partial charge in [0.15, 0.2) is 5.72 Å². The number of nitrogens with zero attached hydrogens (tertiary/aromatic N) is 1. The van der Waals surface area contributed by atoms with Crippen molar-refractivity contribution < 1.29 is 9.53 Å². The molecule has 5 rings (SSSR count). The molecule has 0 radical (unpaired) electrons. The number of carbonyl (C=O) groups excluding carboxylic acids is 1. The minimum atomic E-state index is -0.508. The first kappa shape index (κ1) is 14.8. The molecule has 1 spiro atoms. The lowest BCUT2D eigenvalue weighted by atomic mass is 9.61. The highest BCUT2D eigenvalue weighted by Gasteiger charge is 2.77. The topological polar surface area (TPSA) is 41.6 Å². The summed E-state index contributed by atoms with van der Waals surface area (Å²) >= 11 is 0. The Morgan fingerprint density at radius 1 is 1.29 bits per heavy atom. The summed E-state index contributed by atoms with van der Waals surface area (Å²) in [5.41, 5.74) is 1.90. The Hall–Kier alpha value is -1.55. The fraction of sp³-hybridized carbons (Fsp3) is 0.650. The number of amides is 1. The monoisotopic (exact) mass is 326 g/mol.